The third-order valence-corrected chi connectivity index (χ3v) is 4.49. The first-order valence-corrected chi connectivity index (χ1v) is 7.38. The fraction of sp³-hybridized carbons (Fsp3) is 0.267. The lowest BCUT2D eigenvalue weighted by molar-refractivity contribution is 0.273. The summed E-state index contributed by atoms with van der Waals surface area (Å²) >= 11 is 1.73. The smallest absolute Gasteiger partial charge is 0.122 e. The van der Waals surface area contributed by atoms with Gasteiger partial charge in [0.15, 0.2) is 0 Å². The summed E-state index contributed by atoms with van der Waals surface area (Å²) in [6.07, 6.45) is 2.84. The molecule has 0 spiro atoms. The number of hydrogen-bond acceptors (Lipinski definition) is 4. The van der Waals surface area contributed by atoms with E-state index in [2.05, 4.69) is 17.1 Å². The van der Waals surface area contributed by atoms with E-state index in [1.807, 2.05) is 24.3 Å². The molecule has 2 N–H and O–H groups in total. The van der Waals surface area contributed by atoms with Gasteiger partial charge < -0.3 is 10.5 Å². The number of fused-ring (bicyclic) bond motifs is 1. The van der Waals surface area contributed by atoms with E-state index < -0.39 is 0 Å². The molecule has 1 aliphatic heterocycles. The van der Waals surface area contributed by atoms with Crippen molar-refractivity contribution in [3.8, 4) is 5.75 Å². The number of hydrogen-bond donors (Lipinski definition) is 1. The molecule has 0 saturated carbocycles. The number of thioether (sulfide) groups is 1. The number of nitrogens with zero attached hydrogens (tertiary/aromatic N) is 1. The minimum absolute atomic E-state index is 0.511. The van der Waals surface area contributed by atoms with Crippen molar-refractivity contribution >= 4 is 17.4 Å². The summed E-state index contributed by atoms with van der Waals surface area (Å²) in [7, 11) is 0. The monoisotopic (exact) mass is 272 g/mol. The van der Waals surface area contributed by atoms with Crippen LogP contribution in [0.2, 0.25) is 0 Å². The Morgan fingerprint density at radius 1 is 1.26 bits per heavy atom. The first kappa shape index (κ1) is 12.4. The Kier molecular flexibility index (Phi) is 3.60. The molecule has 1 aromatic heterocycles. The van der Waals surface area contributed by atoms with Gasteiger partial charge in [-0.25, -0.2) is 4.98 Å². The van der Waals surface area contributed by atoms with E-state index in [1.54, 1.807) is 18.0 Å². The van der Waals surface area contributed by atoms with Gasteiger partial charge in [-0.15, -0.1) is 11.8 Å². The molecular formula is C15H16N2OS. The van der Waals surface area contributed by atoms with Crippen LogP contribution in [0.15, 0.2) is 47.6 Å². The maximum Gasteiger partial charge on any atom is 0.122 e. The summed E-state index contributed by atoms with van der Waals surface area (Å²) in [5.74, 6) is 2.52. The Labute approximate surface area is 117 Å². The molecule has 3 nitrogen and oxygen atoms in total. The lowest BCUT2D eigenvalue weighted by Gasteiger charge is -2.25. The Bertz CT molecular complexity index is 574. The number of nitrogen functional groups attached to an aromatic ring is 1. The average Bonchev–Trinajstić information content (AvgIpc) is 2.46. The SMILES string of the molecule is Nc1cccnc1SCC1CCOc2ccccc21. The predicted molar refractivity (Wildman–Crippen MR) is 78.7 cm³/mol. The third kappa shape index (κ3) is 2.68. The Hall–Kier alpha value is -1.68. The van der Waals surface area contributed by atoms with Crippen LogP contribution in [0.3, 0.4) is 0 Å². The molecule has 1 unspecified atom stereocenters. The lowest BCUT2D eigenvalue weighted by atomic mass is 9.95. The highest BCUT2D eigenvalue weighted by Gasteiger charge is 2.21. The zero-order chi connectivity index (χ0) is 13.1. The molecule has 1 atom stereocenters. The van der Waals surface area contributed by atoms with Crippen molar-refractivity contribution in [1.82, 2.24) is 4.98 Å². The quantitative estimate of drug-likeness (QED) is 0.871. The van der Waals surface area contributed by atoms with Crippen molar-refractivity contribution in [1.29, 1.82) is 0 Å². The number of aromatic nitrogens is 1. The van der Waals surface area contributed by atoms with E-state index in [0.717, 1.165) is 35.2 Å². The predicted octanol–water partition coefficient (Wildman–Crippen LogP) is 3.32. The molecule has 0 fully saturated rings. The van der Waals surface area contributed by atoms with Gasteiger partial charge in [0.2, 0.25) is 0 Å². The molecule has 1 aromatic carbocycles. The Balaban J connectivity index is 1.73. The minimum Gasteiger partial charge on any atom is -0.493 e. The van der Waals surface area contributed by atoms with Gasteiger partial charge in [0.25, 0.3) is 0 Å². The molecular weight excluding hydrogens is 256 g/mol. The number of anilines is 1. The fourth-order valence-corrected chi connectivity index (χ4v) is 3.37. The molecule has 2 aromatic rings. The number of benzene rings is 1. The normalized spacial score (nSPS) is 17.6. The van der Waals surface area contributed by atoms with Crippen LogP contribution in [0.4, 0.5) is 5.69 Å². The highest BCUT2D eigenvalue weighted by Crippen LogP contribution is 2.37. The van der Waals surface area contributed by atoms with Gasteiger partial charge in [0.05, 0.1) is 12.3 Å². The highest BCUT2D eigenvalue weighted by atomic mass is 32.2. The van der Waals surface area contributed by atoms with Gasteiger partial charge in [-0.05, 0) is 30.2 Å². The number of pyridine rings is 1. The topological polar surface area (TPSA) is 48.1 Å². The van der Waals surface area contributed by atoms with Gasteiger partial charge >= 0.3 is 0 Å². The molecule has 19 heavy (non-hydrogen) atoms. The fourth-order valence-electron chi connectivity index (χ4n) is 2.29. The van der Waals surface area contributed by atoms with Crippen LogP contribution in [0, 0.1) is 0 Å². The van der Waals surface area contributed by atoms with Crippen LogP contribution in [0.25, 0.3) is 0 Å². The zero-order valence-electron chi connectivity index (χ0n) is 10.6. The molecule has 98 valence electrons. The number of nitrogens with two attached hydrogens (primary N) is 1. The maximum absolute atomic E-state index is 5.92. The second-order valence-corrected chi connectivity index (χ2v) is 5.59. The van der Waals surface area contributed by atoms with Crippen LogP contribution >= 0.6 is 11.8 Å². The summed E-state index contributed by atoms with van der Waals surface area (Å²) in [5, 5.41) is 0.923. The van der Waals surface area contributed by atoms with Crippen molar-refractivity contribution in [3.05, 3.63) is 48.2 Å². The summed E-state index contributed by atoms with van der Waals surface area (Å²) in [6, 6.07) is 12.0. The van der Waals surface area contributed by atoms with Crippen molar-refractivity contribution in [3.63, 3.8) is 0 Å². The zero-order valence-corrected chi connectivity index (χ0v) is 11.4. The number of para-hydroxylation sites is 1. The molecule has 0 bridgehead atoms. The van der Waals surface area contributed by atoms with E-state index in [1.165, 1.54) is 5.56 Å². The molecule has 1 aliphatic rings. The standard InChI is InChI=1S/C15H16N2OS/c16-13-5-3-8-17-15(13)19-10-11-7-9-18-14-6-2-1-4-12(11)14/h1-6,8,11H,7,9-10,16H2. The summed E-state index contributed by atoms with van der Waals surface area (Å²) in [5.41, 5.74) is 7.98. The van der Waals surface area contributed by atoms with Gasteiger partial charge in [-0.3, -0.25) is 0 Å². The Morgan fingerprint density at radius 2 is 2.16 bits per heavy atom. The third-order valence-electron chi connectivity index (χ3n) is 3.30. The minimum atomic E-state index is 0.511. The van der Waals surface area contributed by atoms with Gasteiger partial charge in [0, 0.05) is 17.9 Å². The number of ether oxygens (including phenoxy) is 1. The van der Waals surface area contributed by atoms with E-state index in [9.17, 15) is 0 Å². The van der Waals surface area contributed by atoms with Crippen molar-refractivity contribution in [2.45, 2.75) is 17.4 Å². The van der Waals surface area contributed by atoms with E-state index in [0.29, 0.717) is 5.92 Å². The number of rotatable bonds is 3. The van der Waals surface area contributed by atoms with Crippen LogP contribution in [-0.2, 0) is 0 Å². The molecule has 0 amide bonds. The van der Waals surface area contributed by atoms with Gasteiger partial charge in [-0.2, -0.15) is 0 Å². The first-order valence-electron chi connectivity index (χ1n) is 6.39. The Morgan fingerprint density at radius 3 is 3.05 bits per heavy atom. The van der Waals surface area contributed by atoms with Crippen LogP contribution < -0.4 is 10.5 Å². The van der Waals surface area contributed by atoms with Gasteiger partial charge in [-0.1, -0.05) is 18.2 Å². The molecule has 0 saturated heterocycles. The maximum atomic E-state index is 5.92. The first-order chi connectivity index (χ1) is 9.34. The van der Waals surface area contributed by atoms with Gasteiger partial charge in [0.1, 0.15) is 10.8 Å². The molecule has 0 aliphatic carbocycles. The molecule has 2 heterocycles. The van der Waals surface area contributed by atoms with Crippen LogP contribution in [-0.4, -0.2) is 17.3 Å². The molecule has 3 rings (SSSR count). The lowest BCUT2D eigenvalue weighted by Crippen LogP contribution is -2.15. The van der Waals surface area contributed by atoms with Crippen LogP contribution in [0.1, 0.15) is 17.9 Å². The van der Waals surface area contributed by atoms with Crippen molar-refractivity contribution in [2.75, 3.05) is 18.1 Å². The van der Waals surface area contributed by atoms with Crippen molar-refractivity contribution < 1.29 is 4.74 Å². The molecule has 0 radical (unpaired) electrons. The summed E-state index contributed by atoms with van der Waals surface area (Å²) < 4.78 is 5.68. The summed E-state index contributed by atoms with van der Waals surface area (Å²) in [6.45, 7) is 0.792. The van der Waals surface area contributed by atoms with E-state index >= 15 is 0 Å². The highest BCUT2D eigenvalue weighted by molar-refractivity contribution is 7.99. The van der Waals surface area contributed by atoms with E-state index in [4.69, 9.17) is 10.5 Å². The van der Waals surface area contributed by atoms with E-state index in [-0.39, 0.29) is 0 Å². The second kappa shape index (κ2) is 5.53. The van der Waals surface area contributed by atoms with Crippen LogP contribution in [0.5, 0.6) is 5.75 Å². The molecule has 4 heteroatoms. The average molecular weight is 272 g/mol. The van der Waals surface area contributed by atoms with Crippen molar-refractivity contribution in [2.24, 2.45) is 0 Å². The largest absolute Gasteiger partial charge is 0.493 e. The second-order valence-electron chi connectivity index (χ2n) is 4.58. The summed E-state index contributed by atoms with van der Waals surface area (Å²) in [4.78, 5) is 4.33.